The summed E-state index contributed by atoms with van der Waals surface area (Å²) in [6, 6.07) is 8.45. The van der Waals surface area contributed by atoms with Crippen LogP contribution in [0.5, 0.6) is 0 Å². The summed E-state index contributed by atoms with van der Waals surface area (Å²) in [5.74, 6) is 0.929. The molecule has 0 aliphatic heterocycles. The molecule has 2 heterocycles. The molecular weight excluding hydrogens is 475 g/mol. The minimum absolute atomic E-state index is 0.00513. The molecule has 0 bridgehead atoms. The number of nitrogens with zero attached hydrogens (tertiary/aromatic N) is 4. The summed E-state index contributed by atoms with van der Waals surface area (Å²) in [4.78, 5) is 14.4. The van der Waals surface area contributed by atoms with Crippen LogP contribution in [0.15, 0.2) is 24.3 Å². The van der Waals surface area contributed by atoms with Gasteiger partial charge in [-0.25, -0.2) is 28.1 Å². The fourth-order valence-corrected chi connectivity index (χ4v) is 5.53. The molecule has 0 unspecified atom stereocenters. The lowest BCUT2D eigenvalue weighted by atomic mass is 9.86. The van der Waals surface area contributed by atoms with Gasteiger partial charge < -0.3 is 5.32 Å². The first kappa shape index (κ1) is 25.4. The van der Waals surface area contributed by atoms with Crippen molar-refractivity contribution in [2.45, 2.75) is 89.5 Å². The quantitative estimate of drug-likeness (QED) is 0.328. The van der Waals surface area contributed by atoms with Crippen LogP contribution in [0.25, 0.3) is 11.0 Å². The van der Waals surface area contributed by atoms with Crippen LogP contribution in [0.2, 0.25) is 0 Å². The molecule has 2 saturated carbocycles. The van der Waals surface area contributed by atoms with Gasteiger partial charge in [-0.05, 0) is 43.2 Å². The minimum atomic E-state index is -2.88. The lowest BCUT2D eigenvalue weighted by Gasteiger charge is -2.21. The molecule has 2 aliphatic carbocycles. The van der Waals surface area contributed by atoms with E-state index in [0.29, 0.717) is 35.0 Å². The number of nitriles is 1. The first-order valence-electron chi connectivity index (χ1n) is 13.4. The van der Waals surface area contributed by atoms with Gasteiger partial charge >= 0.3 is 0 Å². The average molecular weight is 508 g/mol. The van der Waals surface area contributed by atoms with E-state index in [0.717, 1.165) is 43.0 Å². The molecule has 2 aromatic heterocycles. The first-order valence-corrected chi connectivity index (χ1v) is 13.4. The Morgan fingerprint density at radius 2 is 1.92 bits per heavy atom. The second-order valence-electron chi connectivity index (χ2n) is 10.4. The molecule has 0 atom stereocenters. The number of rotatable bonds is 9. The third kappa shape index (κ3) is 5.27. The summed E-state index contributed by atoms with van der Waals surface area (Å²) in [5, 5.41) is 13.7. The Kier molecular flexibility index (Phi) is 7.32. The van der Waals surface area contributed by atoms with E-state index in [-0.39, 0.29) is 12.1 Å². The van der Waals surface area contributed by atoms with Crippen LogP contribution < -0.4 is 5.32 Å². The number of pyridine rings is 1. The van der Waals surface area contributed by atoms with Gasteiger partial charge in [0.15, 0.2) is 5.65 Å². The first-order chi connectivity index (χ1) is 17.9. The number of aryl methyl sites for hydroxylation is 2. The van der Waals surface area contributed by atoms with Crippen molar-refractivity contribution in [2.24, 2.45) is 5.92 Å². The fourth-order valence-electron chi connectivity index (χ4n) is 5.53. The number of aromatic nitrogens is 3. The molecular formula is C29H32F3N5. The highest BCUT2D eigenvalue weighted by Gasteiger charge is 2.46. The SMILES string of the molecule is CCc1nc2nc(CCC3CCCCC3)nc(NCc3cccc(C(F)F)c3F)c2cc1C1(C#N)CC1. The Balaban J connectivity index is 1.51. The zero-order chi connectivity index (χ0) is 26.0. The van der Waals surface area contributed by atoms with Crippen LogP contribution in [0.4, 0.5) is 19.0 Å². The highest BCUT2D eigenvalue weighted by Crippen LogP contribution is 2.49. The van der Waals surface area contributed by atoms with Crippen LogP contribution in [0.3, 0.4) is 0 Å². The zero-order valence-corrected chi connectivity index (χ0v) is 21.2. The third-order valence-electron chi connectivity index (χ3n) is 7.92. The van der Waals surface area contributed by atoms with Crippen LogP contribution in [-0.4, -0.2) is 15.0 Å². The van der Waals surface area contributed by atoms with Crippen LogP contribution in [-0.2, 0) is 24.8 Å². The van der Waals surface area contributed by atoms with Gasteiger partial charge in [0.05, 0.1) is 22.4 Å². The number of benzene rings is 1. The van der Waals surface area contributed by atoms with E-state index in [2.05, 4.69) is 11.4 Å². The van der Waals surface area contributed by atoms with E-state index in [4.69, 9.17) is 15.0 Å². The van der Waals surface area contributed by atoms with Crippen molar-refractivity contribution in [1.29, 1.82) is 5.26 Å². The molecule has 0 radical (unpaired) electrons. The fraction of sp³-hybridized carbons (Fsp3) is 0.517. The standard InChI is InChI=1S/C29H32F3N5/c1-2-23-22(29(17-33)13-14-29)15-21-27(34-16-19-9-6-10-20(25(19)30)26(31)32)36-24(37-28(21)35-23)12-11-18-7-4-3-5-8-18/h6,9-10,15,18,26H,2-5,7-8,11-14,16H2,1H3,(H,34,35,36,37). The molecule has 5 rings (SSSR count). The van der Waals surface area contributed by atoms with E-state index in [1.54, 1.807) is 0 Å². The Morgan fingerprint density at radius 1 is 1.14 bits per heavy atom. The van der Waals surface area contributed by atoms with Gasteiger partial charge in [-0.1, -0.05) is 57.2 Å². The summed E-state index contributed by atoms with van der Waals surface area (Å²) < 4.78 is 41.2. The molecule has 1 N–H and O–H groups in total. The highest BCUT2D eigenvalue weighted by molar-refractivity contribution is 5.87. The molecule has 194 valence electrons. The van der Waals surface area contributed by atoms with Crippen LogP contribution in [0.1, 0.15) is 92.9 Å². The lowest BCUT2D eigenvalue weighted by molar-refractivity contribution is 0.146. The highest BCUT2D eigenvalue weighted by atomic mass is 19.3. The van der Waals surface area contributed by atoms with Crippen molar-refractivity contribution < 1.29 is 13.2 Å². The van der Waals surface area contributed by atoms with Gasteiger partial charge in [0.1, 0.15) is 17.5 Å². The van der Waals surface area contributed by atoms with Gasteiger partial charge in [-0.2, -0.15) is 5.26 Å². The van der Waals surface area contributed by atoms with Crippen molar-refractivity contribution in [3.8, 4) is 6.07 Å². The van der Waals surface area contributed by atoms with Gasteiger partial charge in [-0.15, -0.1) is 0 Å². The number of halogens is 3. The molecule has 0 spiro atoms. The van der Waals surface area contributed by atoms with E-state index in [1.807, 2.05) is 13.0 Å². The number of hydrogen-bond donors (Lipinski definition) is 1. The van der Waals surface area contributed by atoms with Crippen molar-refractivity contribution in [1.82, 2.24) is 15.0 Å². The maximum Gasteiger partial charge on any atom is 0.266 e. The van der Waals surface area contributed by atoms with Crippen molar-refractivity contribution >= 4 is 16.9 Å². The zero-order valence-electron chi connectivity index (χ0n) is 21.2. The van der Waals surface area contributed by atoms with E-state index in [1.165, 1.54) is 44.2 Å². The summed E-state index contributed by atoms with van der Waals surface area (Å²) >= 11 is 0. The predicted octanol–water partition coefficient (Wildman–Crippen LogP) is 7.34. The summed E-state index contributed by atoms with van der Waals surface area (Å²) in [6.45, 7) is 2.02. The maximum atomic E-state index is 14.7. The van der Waals surface area contributed by atoms with Crippen molar-refractivity contribution in [3.63, 3.8) is 0 Å². The lowest BCUT2D eigenvalue weighted by Crippen LogP contribution is -2.13. The van der Waals surface area contributed by atoms with Crippen LogP contribution >= 0.6 is 0 Å². The molecule has 8 heteroatoms. The molecule has 2 fully saturated rings. The van der Waals surface area contributed by atoms with Gasteiger partial charge in [0, 0.05) is 24.2 Å². The summed E-state index contributed by atoms with van der Waals surface area (Å²) in [7, 11) is 0. The van der Waals surface area contributed by atoms with Crippen molar-refractivity contribution in [2.75, 3.05) is 5.32 Å². The van der Waals surface area contributed by atoms with Gasteiger partial charge in [0.2, 0.25) is 0 Å². The van der Waals surface area contributed by atoms with E-state index in [9.17, 15) is 18.4 Å². The molecule has 2 aliphatic rings. The Bertz CT molecular complexity index is 1320. The normalized spacial score (nSPS) is 17.2. The smallest absolute Gasteiger partial charge is 0.266 e. The molecule has 1 aromatic carbocycles. The van der Waals surface area contributed by atoms with Gasteiger partial charge in [0.25, 0.3) is 6.43 Å². The topological polar surface area (TPSA) is 74.5 Å². The number of anilines is 1. The van der Waals surface area contributed by atoms with E-state index < -0.39 is 23.2 Å². The van der Waals surface area contributed by atoms with Crippen molar-refractivity contribution in [3.05, 3.63) is 58.3 Å². The number of hydrogen-bond acceptors (Lipinski definition) is 5. The molecule has 0 saturated heterocycles. The second-order valence-corrected chi connectivity index (χ2v) is 10.4. The van der Waals surface area contributed by atoms with Gasteiger partial charge in [-0.3, -0.25) is 0 Å². The molecule has 0 amide bonds. The van der Waals surface area contributed by atoms with E-state index >= 15 is 0 Å². The maximum absolute atomic E-state index is 14.7. The summed E-state index contributed by atoms with van der Waals surface area (Å²) in [6.07, 6.45) is 7.41. The number of nitrogens with one attached hydrogen (secondary N) is 1. The minimum Gasteiger partial charge on any atom is -0.365 e. The number of alkyl halides is 2. The molecule has 3 aromatic rings. The number of fused-ring (bicyclic) bond motifs is 1. The van der Waals surface area contributed by atoms with Crippen LogP contribution in [0, 0.1) is 23.1 Å². The predicted molar refractivity (Wildman–Crippen MR) is 137 cm³/mol. The Labute approximate surface area is 215 Å². The Morgan fingerprint density at radius 3 is 2.59 bits per heavy atom. The third-order valence-corrected chi connectivity index (χ3v) is 7.92. The largest absolute Gasteiger partial charge is 0.365 e. The molecule has 5 nitrogen and oxygen atoms in total. The Hall–Kier alpha value is -3.21. The molecule has 37 heavy (non-hydrogen) atoms. The monoisotopic (exact) mass is 507 g/mol. The summed E-state index contributed by atoms with van der Waals surface area (Å²) in [5.41, 5.74) is 1.32. The average Bonchev–Trinajstić information content (AvgIpc) is 3.72. The second kappa shape index (κ2) is 10.6.